The lowest BCUT2D eigenvalue weighted by atomic mass is 9.86. The van der Waals surface area contributed by atoms with Crippen molar-refractivity contribution >= 4 is 11.8 Å². The molecule has 0 aromatic rings. The number of fused-ring (bicyclic) bond motifs is 1. The second-order valence-electron chi connectivity index (χ2n) is 4.74. The number of Topliss-reactive ketones (excluding diaryl/α,β-unsaturated/α-hetero) is 1. The quantitative estimate of drug-likeness (QED) is 0.668. The van der Waals surface area contributed by atoms with Crippen molar-refractivity contribution in [2.24, 2.45) is 17.3 Å². The van der Waals surface area contributed by atoms with Gasteiger partial charge in [-0.1, -0.05) is 0 Å². The molecule has 3 heteroatoms. The molecule has 0 aromatic carbocycles. The van der Waals surface area contributed by atoms with Crippen LogP contribution in [0.2, 0.25) is 0 Å². The van der Waals surface area contributed by atoms with Gasteiger partial charge < -0.3 is 5.11 Å². The largest absolute Gasteiger partial charge is 0.481 e. The molecule has 0 bridgehead atoms. The van der Waals surface area contributed by atoms with E-state index < -0.39 is 11.4 Å². The van der Waals surface area contributed by atoms with E-state index in [4.69, 9.17) is 5.11 Å². The lowest BCUT2D eigenvalue weighted by Gasteiger charge is -2.18. The fourth-order valence-electron chi connectivity index (χ4n) is 2.89. The minimum Gasteiger partial charge on any atom is -0.481 e. The number of hydrogen-bond donors (Lipinski definition) is 1. The molecular weight excluding hydrogens is 168 g/mol. The predicted molar refractivity (Wildman–Crippen MR) is 46.2 cm³/mol. The van der Waals surface area contributed by atoms with Crippen LogP contribution in [0.15, 0.2) is 0 Å². The molecule has 0 aromatic heterocycles. The van der Waals surface area contributed by atoms with E-state index in [2.05, 4.69) is 0 Å². The predicted octanol–water partition coefficient (Wildman–Crippen LogP) is 1.47. The molecule has 0 amide bonds. The van der Waals surface area contributed by atoms with Gasteiger partial charge in [0.05, 0.1) is 5.41 Å². The summed E-state index contributed by atoms with van der Waals surface area (Å²) in [5.74, 6) is 0.332. The maximum absolute atomic E-state index is 11.1. The van der Waals surface area contributed by atoms with Crippen molar-refractivity contribution in [1.82, 2.24) is 0 Å². The Labute approximate surface area is 77.1 Å². The molecule has 0 heterocycles. The Bertz CT molecular complexity index is 253. The first-order valence-corrected chi connectivity index (χ1v) is 4.76. The maximum atomic E-state index is 11.1. The molecule has 72 valence electrons. The van der Waals surface area contributed by atoms with Crippen LogP contribution in [0.5, 0.6) is 0 Å². The van der Waals surface area contributed by atoms with Crippen molar-refractivity contribution in [2.45, 2.75) is 32.6 Å². The van der Waals surface area contributed by atoms with Crippen LogP contribution in [0.4, 0.5) is 0 Å². The molecule has 3 nitrogen and oxygen atoms in total. The number of carboxylic acid groups (broad SMARTS) is 1. The summed E-state index contributed by atoms with van der Waals surface area (Å²) in [5.41, 5.74) is -0.559. The Kier molecular flexibility index (Phi) is 1.72. The van der Waals surface area contributed by atoms with Gasteiger partial charge in [0.25, 0.3) is 0 Å². The number of aliphatic carboxylic acids is 1. The third-order valence-electron chi connectivity index (χ3n) is 3.59. The standard InChI is InChI=1S/C10H14O3/c1-10(9(12)13)4-6-2-8(11)3-7(6)5-10/h6-7H,2-5H2,1H3,(H,12,13). The molecule has 2 aliphatic rings. The van der Waals surface area contributed by atoms with E-state index in [1.807, 2.05) is 0 Å². The number of carbonyl (C=O) groups excluding carboxylic acids is 1. The molecule has 2 rings (SSSR count). The van der Waals surface area contributed by atoms with Crippen LogP contribution in [-0.2, 0) is 9.59 Å². The van der Waals surface area contributed by atoms with E-state index in [0.717, 1.165) is 0 Å². The van der Waals surface area contributed by atoms with Gasteiger partial charge in [0.1, 0.15) is 5.78 Å². The summed E-state index contributed by atoms with van der Waals surface area (Å²) in [4.78, 5) is 22.0. The smallest absolute Gasteiger partial charge is 0.309 e. The van der Waals surface area contributed by atoms with E-state index in [1.54, 1.807) is 6.92 Å². The Morgan fingerprint density at radius 2 is 1.85 bits per heavy atom. The van der Waals surface area contributed by atoms with E-state index in [0.29, 0.717) is 43.3 Å². The summed E-state index contributed by atoms with van der Waals surface area (Å²) >= 11 is 0. The molecule has 0 radical (unpaired) electrons. The van der Waals surface area contributed by atoms with Crippen molar-refractivity contribution in [1.29, 1.82) is 0 Å². The molecule has 13 heavy (non-hydrogen) atoms. The third kappa shape index (κ3) is 1.26. The summed E-state index contributed by atoms with van der Waals surface area (Å²) in [6.07, 6.45) is 2.62. The Hall–Kier alpha value is -0.860. The average molecular weight is 182 g/mol. The maximum Gasteiger partial charge on any atom is 0.309 e. The molecular formula is C10H14O3. The van der Waals surface area contributed by atoms with Crippen molar-refractivity contribution in [3.63, 3.8) is 0 Å². The fourth-order valence-corrected chi connectivity index (χ4v) is 2.89. The number of carboxylic acids is 1. The molecule has 2 unspecified atom stereocenters. The zero-order chi connectivity index (χ0) is 9.64. The first-order chi connectivity index (χ1) is 6.01. The van der Waals surface area contributed by atoms with E-state index >= 15 is 0 Å². The normalized spacial score (nSPS) is 43.6. The number of hydrogen-bond acceptors (Lipinski definition) is 2. The van der Waals surface area contributed by atoms with Gasteiger partial charge in [-0.25, -0.2) is 0 Å². The minimum atomic E-state index is -0.700. The highest BCUT2D eigenvalue weighted by atomic mass is 16.4. The Morgan fingerprint density at radius 1 is 1.38 bits per heavy atom. The van der Waals surface area contributed by atoms with E-state index in [-0.39, 0.29) is 0 Å². The van der Waals surface area contributed by atoms with Gasteiger partial charge in [-0.3, -0.25) is 9.59 Å². The van der Waals surface area contributed by atoms with E-state index in [1.165, 1.54) is 0 Å². The third-order valence-corrected chi connectivity index (χ3v) is 3.59. The van der Waals surface area contributed by atoms with Crippen molar-refractivity contribution < 1.29 is 14.7 Å². The lowest BCUT2D eigenvalue weighted by molar-refractivity contribution is -0.148. The van der Waals surface area contributed by atoms with E-state index in [9.17, 15) is 9.59 Å². The first-order valence-electron chi connectivity index (χ1n) is 4.76. The zero-order valence-corrected chi connectivity index (χ0v) is 7.75. The topological polar surface area (TPSA) is 54.4 Å². The molecule has 1 N–H and O–H groups in total. The van der Waals surface area contributed by atoms with Gasteiger partial charge in [-0.05, 0) is 31.6 Å². The molecule has 2 fully saturated rings. The molecule has 2 atom stereocenters. The summed E-state index contributed by atoms with van der Waals surface area (Å²) in [5, 5.41) is 9.01. The zero-order valence-electron chi connectivity index (χ0n) is 7.75. The summed E-state index contributed by atoms with van der Waals surface area (Å²) < 4.78 is 0. The lowest BCUT2D eigenvalue weighted by Crippen LogP contribution is -2.25. The highest BCUT2D eigenvalue weighted by molar-refractivity contribution is 5.82. The summed E-state index contributed by atoms with van der Waals surface area (Å²) in [6.45, 7) is 1.80. The molecule has 2 aliphatic carbocycles. The van der Waals surface area contributed by atoms with Crippen LogP contribution in [0.25, 0.3) is 0 Å². The monoisotopic (exact) mass is 182 g/mol. The number of ketones is 1. The summed E-state index contributed by atoms with van der Waals surface area (Å²) in [6, 6.07) is 0. The van der Waals surface area contributed by atoms with Crippen LogP contribution in [0.3, 0.4) is 0 Å². The molecule has 0 saturated heterocycles. The second kappa shape index (κ2) is 2.56. The van der Waals surface area contributed by atoms with Gasteiger partial charge >= 0.3 is 5.97 Å². The molecule has 0 aliphatic heterocycles. The van der Waals surface area contributed by atoms with Gasteiger partial charge in [-0.2, -0.15) is 0 Å². The number of rotatable bonds is 1. The fraction of sp³-hybridized carbons (Fsp3) is 0.800. The molecule has 2 saturated carbocycles. The average Bonchev–Trinajstić information content (AvgIpc) is 2.42. The van der Waals surface area contributed by atoms with Crippen LogP contribution in [-0.4, -0.2) is 16.9 Å². The van der Waals surface area contributed by atoms with Crippen molar-refractivity contribution in [3.8, 4) is 0 Å². The first kappa shape index (κ1) is 8.73. The Morgan fingerprint density at radius 3 is 2.23 bits per heavy atom. The number of carbonyl (C=O) groups is 2. The second-order valence-corrected chi connectivity index (χ2v) is 4.74. The van der Waals surface area contributed by atoms with Gasteiger partial charge in [0.2, 0.25) is 0 Å². The van der Waals surface area contributed by atoms with Gasteiger partial charge in [0, 0.05) is 12.8 Å². The molecule has 0 spiro atoms. The summed E-state index contributed by atoms with van der Waals surface area (Å²) in [7, 11) is 0. The van der Waals surface area contributed by atoms with Gasteiger partial charge in [-0.15, -0.1) is 0 Å². The van der Waals surface area contributed by atoms with Crippen molar-refractivity contribution in [2.75, 3.05) is 0 Å². The van der Waals surface area contributed by atoms with Crippen LogP contribution in [0.1, 0.15) is 32.6 Å². The Balaban J connectivity index is 2.12. The SMILES string of the molecule is CC1(C(=O)O)CC2CC(=O)CC2C1. The highest BCUT2D eigenvalue weighted by Gasteiger charge is 2.50. The van der Waals surface area contributed by atoms with Crippen molar-refractivity contribution in [3.05, 3.63) is 0 Å². The van der Waals surface area contributed by atoms with Crippen LogP contribution >= 0.6 is 0 Å². The highest BCUT2D eigenvalue weighted by Crippen LogP contribution is 2.51. The van der Waals surface area contributed by atoms with Crippen LogP contribution in [0, 0.1) is 17.3 Å². The minimum absolute atomic E-state index is 0.322. The van der Waals surface area contributed by atoms with Gasteiger partial charge in [0.15, 0.2) is 0 Å². The van der Waals surface area contributed by atoms with Crippen LogP contribution < -0.4 is 0 Å².